The second-order valence-corrected chi connectivity index (χ2v) is 0.495. The van der Waals surface area contributed by atoms with E-state index in [9.17, 15) is 17.3 Å². The molecule has 0 aliphatic rings. The van der Waals surface area contributed by atoms with Crippen LogP contribution >= 0.6 is 0 Å². The molecule has 0 aromatic heterocycles. The van der Waals surface area contributed by atoms with Gasteiger partial charge in [-0.15, -0.1) is 0 Å². The summed E-state index contributed by atoms with van der Waals surface area (Å²) in [7, 11) is -6.00. The van der Waals surface area contributed by atoms with E-state index in [4.69, 9.17) is 0 Å². The molecule has 0 spiro atoms. The largest absolute Gasteiger partial charge is 1.00 e. The fourth-order valence-corrected chi connectivity index (χ4v) is 0. The molecule has 0 amide bonds. The van der Waals surface area contributed by atoms with Gasteiger partial charge in [-0.3, -0.25) is 0 Å². The van der Waals surface area contributed by atoms with E-state index in [0.717, 1.165) is 0 Å². The van der Waals surface area contributed by atoms with Crippen LogP contribution in [0.25, 0.3) is 0 Å². The Morgan fingerprint density at radius 3 is 0.833 bits per heavy atom. The molecule has 0 fully saturated rings. The molecule has 0 bridgehead atoms. The van der Waals surface area contributed by atoms with E-state index in [1.807, 2.05) is 0 Å². The van der Waals surface area contributed by atoms with Crippen LogP contribution in [0.15, 0.2) is 0 Å². The molecular weight excluding hydrogens is 202 g/mol. The van der Waals surface area contributed by atoms with Crippen molar-refractivity contribution in [1.29, 1.82) is 0 Å². The summed E-state index contributed by atoms with van der Waals surface area (Å²) in [6, 6.07) is 0. The van der Waals surface area contributed by atoms with E-state index in [1.54, 1.807) is 0 Å². The van der Waals surface area contributed by atoms with Crippen LogP contribution in [0.2, 0.25) is 0 Å². The first-order valence-corrected chi connectivity index (χ1v) is 0.873. The van der Waals surface area contributed by atoms with Crippen LogP contribution in [-0.4, -0.2) is 33.1 Å². The van der Waals surface area contributed by atoms with Gasteiger partial charge in [-0.1, -0.05) is 0 Å². The van der Waals surface area contributed by atoms with E-state index in [-0.39, 0.29) is 25.8 Å². The Morgan fingerprint density at radius 2 is 0.833 bits per heavy atom. The summed E-state index contributed by atoms with van der Waals surface area (Å²) in [6.45, 7) is 0. The van der Waals surface area contributed by atoms with Gasteiger partial charge in [-0.25, -0.2) is 0 Å². The molecule has 0 aromatic carbocycles. The van der Waals surface area contributed by atoms with Crippen molar-refractivity contribution in [2.45, 2.75) is 0 Å². The second kappa shape index (κ2) is 2.77. The maximum Gasteiger partial charge on any atom is 1.00 e. The normalized spacial score (nSPS) is 10.0. The maximum absolute atomic E-state index is 9.75. The number of rotatable bonds is 0. The minimum absolute atomic E-state index is 0. The van der Waals surface area contributed by atoms with Crippen LogP contribution in [-0.2, 0) is 0 Å². The smallest absolute Gasteiger partial charge is 0.418 e. The van der Waals surface area contributed by atoms with Crippen LogP contribution in [0.1, 0.15) is 0 Å². The summed E-state index contributed by atoms with van der Waals surface area (Å²) in [5.74, 6) is 0. The molecule has 0 aliphatic carbocycles. The third-order valence-corrected chi connectivity index (χ3v) is 0. The summed E-state index contributed by atoms with van der Waals surface area (Å²) in [4.78, 5) is 0. The van der Waals surface area contributed by atoms with E-state index in [1.165, 1.54) is 0 Å². The van der Waals surface area contributed by atoms with Crippen molar-refractivity contribution >= 4 is 33.1 Å². The van der Waals surface area contributed by atoms with Crippen molar-refractivity contribution < 1.29 is 17.3 Å². The maximum atomic E-state index is 9.75. The Kier molecular flexibility index (Phi) is 4.53. The van der Waals surface area contributed by atoms with E-state index in [2.05, 4.69) is 0 Å². The van der Waals surface area contributed by atoms with Gasteiger partial charge in [0.1, 0.15) is 0 Å². The van der Waals surface area contributed by atoms with Gasteiger partial charge in [0.05, 0.1) is 0 Å². The SMILES string of the molecule is F[B-](F)(F)F.[In+]. The Hall–Kier alpha value is 0.655. The topological polar surface area (TPSA) is 0 Å². The Bertz CT molecular complexity index is 23.0. The summed E-state index contributed by atoms with van der Waals surface area (Å²) < 4.78 is 39.0. The van der Waals surface area contributed by atoms with Crippen molar-refractivity contribution in [3.05, 3.63) is 0 Å². The fourth-order valence-electron chi connectivity index (χ4n) is 0. The number of hydrogen-bond donors (Lipinski definition) is 0. The van der Waals surface area contributed by atoms with Crippen LogP contribution in [0.5, 0.6) is 0 Å². The zero-order valence-corrected chi connectivity index (χ0v) is 5.96. The Balaban J connectivity index is 0. The first kappa shape index (κ1) is 9.82. The average Bonchev–Trinajstić information content (AvgIpc) is 0.722. The average molecular weight is 202 g/mol. The molecule has 0 N–H and O–H groups in total. The molecule has 6 heavy (non-hydrogen) atoms. The quantitative estimate of drug-likeness (QED) is 0.404. The third kappa shape index (κ3) is 145. The third-order valence-electron chi connectivity index (χ3n) is 0. The molecule has 0 unspecified atom stereocenters. The fraction of sp³-hybridized carbons (Fsp3) is 0. The standard InChI is InChI=1S/BF4.In/c2-1(3,4)5;/q-1;+1. The Labute approximate surface area is 50.8 Å². The summed E-state index contributed by atoms with van der Waals surface area (Å²) in [5, 5.41) is 0. The zero-order valence-electron chi connectivity index (χ0n) is 2.67. The predicted octanol–water partition coefficient (Wildman–Crippen LogP) is 0.919. The summed E-state index contributed by atoms with van der Waals surface area (Å²) >= 11 is 0. The molecule has 34 valence electrons. The van der Waals surface area contributed by atoms with E-state index >= 15 is 0 Å². The number of hydrogen-bond acceptors (Lipinski definition) is 0. The van der Waals surface area contributed by atoms with Crippen LogP contribution in [0.3, 0.4) is 0 Å². The van der Waals surface area contributed by atoms with Gasteiger partial charge in [-0.05, 0) is 0 Å². The second-order valence-electron chi connectivity index (χ2n) is 0.495. The minimum Gasteiger partial charge on any atom is -0.418 e. The van der Waals surface area contributed by atoms with Crippen LogP contribution < -0.4 is 0 Å². The van der Waals surface area contributed by atoms with Gasteiger partial charge < -0.3 is 17.3 Å². The minimum atomic E-state index is -6.00. The molecule has 0 heterocycles. The molecule has 0 aromatic rings. The molecule has 2 radical (unpaired) electrons. The molecule has 0 saturated heterocycles. The predicted molar refractivity (Wildman–Crippen MR) is 15.9 cm³/mol. The molecule has 0 saturated carbocycles. The first-order valence-electron chi connectivity index (χ1n) is 0.873. The van der Waals surface area contributed by atoms with Crippen molar-refractivity contribution in [2.75, 3.05) is 0 Å². The van der Waals surface area contributed by atoms with Gasteiger partial charge in [0.15, 0.2) is 0 Å². The summed E-state index contributed by atoms with van der Waals surface area (Å²) in [5.41, 5.74) is 0. The molecule has 0 aliphatic heterocycles. The molecule has 0 rings (SSSR count). The van der Waals surface area contributed by atoms with Gasteiger partial charge in [0.2, 0.25) is 0 Å². The van der Waals surface area contributed by atoms with Gasteiger partial charge in [0, 0.05) is 0 Å². The van der Waals surface area contributed by atoms with Crippen molar-refractivity contribution in [2.24, 2.45) is 0 Å². The van der Waals surface area contributed by atoms with Crippen molar-refractivity contribution in [1.82, 2.24) is 0 Å². The molecule has 6 heteroatoms. The molecule has 0 atom stereocenters. The van der Waals surface area contributed by atoms with Crippen molar-refractivity contribution in [3.8, 4) is 0 Å². The van der Waals surface area contributed by atoms with E-state index in [0.29, 0.717) is 0 Å². The molecular formula is BF4In. The number of halogens is 4. The molecule has 0 nitrogen and oxygen atoms in total. The van der Waals surface area contributed by atoms with Crippen molar-refractivity contribution in [3.63, 3.8) is 0 Å². The van der Waals surface area contributed by atoms with Gasteiger partial charge in [-0.2, -0.15) is 0 Å². The Morgan fingerprint density at radius 1 is 0.833 bits per heavy atom. The van der Waals surface area contributed by atoms with Crippen LogP contribution in [0, 0.1) is 0 Å². The first-order chi connectivity index (χ1) is 2.00. The van der Waals surface area contributed by atoms with Gasteiger partial charge in [0.25, 0.3) is 0 Å². The van der Waals surface area contributed by atoms with E-state index < -0.39 is 7.25 Å². The summed E-state index contributed by atoms with van der Waals surface area (Å²) in [6.07, 6.45) is 0. The van der Waals surface area contributed by atoms with Crippen LogP contribution in [0.4, 0.5) is 17.3 Å². The van der Waals surface area contributed by atoms with Gasteiger partial charge >= 0.3 is 33.1 Å². The monoisotopic (exact) mass is 202 g/mol. The zero-order chi connectivity index (χ0) is 4.50.